The standard InChI is InChI=1S/C10H10N2O6/c1-5(13)18-6-2-3-7(8(14)4-6)9(15)12(11)10(16)17/h2-4,14H,11H2,1H3,(H,16,17). The van der Waals surface area contributed by atoms with E-state index < -0.39 is 23.7 Å². The highest BCUT2D eigenvalue weighted by Crippen LogP contribution is 2.24. The van der Waals surface area contributed by atoms with E-state index in [9.17, 15) is 19.5 Å². The number of hydrogen-bond donors (Lipinski definition) is 3. The summed E-state index contributed by atoms with van der Waals surface area (Å²) < 4.78 is 4.67. The number of esters is 1. The van der Waals surface area contributed by atoms with Crippen molar-refractivity contribution in [1.82, 2.24) is 5.01 Å². The number of phenols is 1. The molecule has 1 aromatic rings. The summed E-state index contributed by atoms with van der Waals surface area (Å²) in [5.74, 6) is 2.75. The summed E-state index contributed by atoms with van der Waals surface area (Å²) in [6.07, 6.45) is -1.66. The lowest BCUT2D eigenvalue weighted by molar-refractivity contribution is -0.131. The average Bonchev–Trinajstić information content (AvgIpc) is 2.26. The number of hydrogen-bond acceptors (Lipinski definition) is 6. The van der Waals surface area contributed by atoms with Crippen LogP contribution in [0.25, 0.3) is 0 Å². The number of hydrazine groups is 1. The van der Waals surface area contributed by atoms with Gasteiger partial charge in [-0.2, -0.15) is 5.01 Å². The van der Waals surface area contributed by atoms with Gasteiger partial charge in [-0.15, -0.1) is 0 Å². The molecule has 0 spiro atoms. The first-order valence-corrected chi connectivity index (χ1v) is 4.66. The molecular formula is C10H10N2O6. The van der Waals surface area contributed by atoms with Gasteiger partial charge in [0.05, 0.1) is 5.56 Å². The number of nitrogens with zero attached hydrogens (tertiary/aromatic N) is 1. The molecule has 96 valence electrons. The summed E-state index contributed by atoms with van der Waals surface area (Å²) >= 11 is 0. The van der Waals surface area contributed by atoms with E-state index in [0.29, 0.717) is 0 Å². The molecule has 2 amide bonds. The zero-order valence-electron chi connectivity index (χ0n) is 9.28. The second-order valence-corrected chi connectivity index (χ2v) is 3.23. The predicted octanol–water partition coefficient (Wildman–Crippen LogP) is 0.311. The molecule has 0 aromatic heterocycles. The number of carboxylic acid groups (broad SMARTS) is 1. The van der Waals surface area contributed by atoms with Gasteiger partial charge in [0.2, 0.25) is 0 Å². The van der Waals surface area contributed by atoms with Gasteiger partial charge in [-0.3, -0.25) is 9.59 Å². The molecule has 0 fully saturated rings. The Labute approximate surface area is 101 Å². The monoisotopic (exact) mass is 254 g/mol. The van der Waals surface area contributed by atoms with Crippen LogP contribution in [0, 0.1) is 0 Å². The molecule has 0 aliphatic carbocycles. The highest BCUT2D eigenvalue weighted by Gasteiger charge is 2.21. The number of amides is 2. The third-order valence-electron chi connectivity index (χ3n) is 1.89. The maximum atomic E-state index is 11.5. The van der Waals surface area contributed by atoms with Crippen LogP contribution in [0.2, 0.25) is 0 Å². The fraction of sp³-hybridized carbons (Fsp3) is 0.100. The normalized spacial score (nSPS) is 9.67. The molecule has 8 nitrogen and oxygen atoms in total. The van der Waals surface area contributed by atoms with Gasteiger partial charge in [0.15, 0.2) is 0 Å². The number of ether oxygens (including phenoxy) is 1. The van der Waals surface area contributed by atoms with Gasteiger partial charge in [0.1, 0.15) is 11.5 Å². The smallest absolute Gasteiger partial charge is 0.429 e. The number of imide groups is 1. The Morgan fingerprint density at radius 1 is 1.33 bits per heavy atom. The number of carbonyl (C=O) groups is 3. The van der Waals surface area contributed by atoms with E-state index in [2.05, 4.69) is 4.74 Å². The molecular weight excluding hydrogens is 244 g/mol. The van der Waals surface area contributed by atoms with Crippen molar-refractivity contribution in [1.29, 1.82) is 0 Å². The van der Waals surface area contributed by atoms with Gasteiger partial charge in [0.25, 0.3) is 5.91 Å². The molecule has 0 aliphatic rings. The second-order valence-electron chi connectivity index (χ2n) is 3.23. The molecule has 8 heteroatoms. The lowest BCUT2D eigenvalue weighted by atomic mass is 10.2. The molecule has 0 bridgehead atoms. The van der Waals surface area contributed by atoms with Crippen LogP contribution in [0.3, 0.4) is 0 Å². The molecule has 18 heavy (non-hydrogen) atoms. The maximum absolute atomic E-state index is 11.5. The van der Waals surface area contributed by atoms with Crippen molar-refractivity contribution >= 4 is 18.0 Å². The Morgan fingerprint density at radius 3 is 2.39 bits per heavy atom. The molecule has 0 saturated heterocycles. The molecule has 0 unspecified atom stereocenters. The van der Waals surface area contributed by atoms with Crippen LogP contribution in [-0.2, 0) is 4.79 Å². The van der Waals surface area contributed by atoms with E-state index >= 15 is 0 Å². The quantitative estimate of drug-likeness (QED) is 0.227. The van der Waals surface area contributed by atoms with Crippen LogP contribution >= 0.6 is 0 Å². The third-order valence-corrected chi connectivity index (χ3v) is 1.89. The Kier molecular flexibility index (Phi) is 3.85. The first-order chi connectivity index (χ1) is 8.32. The first-order valence-electron chi connectivity index (χ1n) is 4.66. The van der Waals surface area contributed by atoms with Crippen LogP contribution in [0.4, 0.5) is 4.79 Å². The van der Waals surface area contributed by atoms with Gasteiger partial charge in [0, 0.05) is 13.0 Å². The van der Waals surface area contributed by atoms with Crippen LogP contribution < -0.4 is 10.6 Å². The van der Waals surface area contributed by atoms with Crippen LogP contribution in [-0.4, -0.2) is 33.2 Å². The van der Waals surface area contributed by atoms with Crippen molar-refractivity contribution in [3.63, 3.8) is 0 Å². The number of nitrogens with two attached hydrogens (primary N) is 1. The average molecular weight is 254 g/mol. The number of rotatable bonds is 2. The van der Waals surface area contributed by atoms with Crippen molar-refractivity contribution in [2.75, 3.05) is 0 Å². The summed E-state index contributed by atoms with van der Waals surface area (Å²) in [5, 5.41) is 18.0. The van der Waals surface area contributed by atoms with E-state index in [4.69, 9.17) is 10.9 Å². The van der Waals surface area contributed by atoms with E-state index in [-0.39, 0.29) is 16.3 Å². The maximum Gasteiger partial charge on any atom is 0.429 e. The zero-order chi connectivity index (χ0) is 13.9. The Balaban J connectivity index is 3.02. The van der Waals surface area contributed by atoms with E-state index in [0.717, 1.165) is 12.1 Å². The van der Waals surface area contributed by atoms with Crippen molar-refractivity contribution < 1.29 is 29.3 Å². The second kappa shape index (κ2) is 5.15. The molecule has 0 atom stereocenters. The topological polar surface area (TPSA) is 130 Å². The Bertz CT molecular complexity index is 513. The highest BCUT2D eigenvalue weighted by atomic mass is 16.5. The van der Waals surface area contributed by atoms with Gasteiger partial charge in [-0.05, 0) is 12.1 Å². The summed E-state index contributed by atoms with van der Waals surface area (Å²) in [6, 6.07) is 3.33. The number of aromatic hydroxyl groups is 1. The number of carbonyl (C=O) groups excluding carboxylic acids is 2. The molecule has 1 rings (SSSR count). The van der Waals surface area contributed by atoms with E-state index in [1.54, 1.807) is 0 Å². The molecule has 0 heterocycles. The van der Waals surface area contributed by atoms with E-state index in [1.165, 1.54) is 13.0 Å². The summed E-state index contributed by atoms with van der Waals surface area (Å²) in [4.78, 5) is 32.6. The van der Waals surface area contributed by atoms with Crippen LogP contribution in [0.15, 0.2) is 18.2 Å². The highest BCUT2D eigenvalue weighted by molar-refractivity contribution is 6.03. The first kappa shape index (κ1) is 13.5. The largest absolute Gasteiger partial charge is 0.507 e. The Hall–Kier alpha value is -2.61. The molecule has 4 N–H and O–H groups in total. The Morgan fingerprint density at radius 2 is 1.94 bits per heavy atom. The van der Waals surface area contributed by atoms with Gasteiger partial charge in [-0.25, -0.2) is 10.6 Å². The zero-order valence-corrected chi connectivity index (χ0v) is 9.28. The molecule has 0 aliphatic heterocycles. The van der Waals surface area contributed by atoms with E-state index in [1.807, 2.05) is 0 Å². The summed E-state index contributed by atoms with van der Waals surface area (Å²) in [5.41, 5.74) is -0.323. The molecule has 1 aromatic carbocycles. The fourth-order valence-corrected chi connectivity index (χ4v) is 1.14. The molecule has 0 radical (unpaired) electrons. The minimum atomic E-state index is -1.66. The summed E-state index contributed by atoms with van der Waals surface area (Å²) in [6.45, 7) is 1.17. The van der Waals surface area contributed by atoms with Gasteiger partial charge < -0.3 is 14.9 Å². The molecule has 0 saturated carbocycles. The predicted molar refractivity (Wildman–Crippen MR) is 57.8 cm³/mol. The van der Waals surface area contributed by atoms with Gasteiger partial charge >= 0.3 is 12.1 Å². The van der Waals surface area contributed by atoms with Crippen LogP contribution in [0.5, 0.6) is 11.5 Å². The van der Waals surface area contributed by atoms with Crippen molar-refractivity contribution in [2.24, 2.45) is 5.84 Å². The number of phenolic OH excluding ortho intramolecular Hbond substituents is 1. The van der Waals surface area contributed by atoms with Crippen molar-refractivity contribution in [3.8, 4) is 11.5 Å². The summed E-state index contributed by atoms with van der Waals surface area (Å²) in [7, 11) is 0. The van der Waals surface area contributed by atoms with Gasteiger partial charge in [-0.1, -0.05) is 0 Å². The SMILES string of the molecule is CC(=O)Oc1ccc(C(=O)N(N)C(=O)O)c(O)c1. The minimum Gasteiger partial charge on any atom is -0.507 e. The lowest BCUT2D eigenvalue weighted by Crippen LogP contribution is -2.41. The minimum absolute atomic E-state index is 0.0236. The van der Waals surface area contributed by atoms with Crippen molar-refractivity contribution in [2.45, 2.75) is 6.92 Å². The lowest BCUT2D eigenvalue weighted by Gasteiger charge is -2.12. The van der Waals surface area contributed by atoms with Crippen LogP contribution in [0.1, 0.15) is 17.3 Å². The number of benzene rings is 1. The third kappa shape index (κ3) is 2.95. The van der Waals surface area contributed by atoms with Crippen molar-refractivity contribution in [3.05, 3.63) is 23.8 Å². The fourth-order valence-electron chi connectivity index (χ4n) is 1.14.